The second-order valence-corrected chi connectivity index (χ2v) is 16.2. The average Bonchev–Trinajstić information content (AvgIpc) is 4.06. The van der Waals surface area contributed by atoms with Gasteiger partial charge in [0, 0.05) is 68.8 Å². The van der Waals surface area contributed by atoms with Crippen molar-refractivity contribution in [1.82, 2.24) is 39.1 Å². The van der Waals surface area contributed by atoms with Gasteiger partial charge in [-0.3, -0.25) is 14.4 Å². The number of imidazole rings is 2. The normalized spacial score (nSPS) is 14.6. The largest absolute Gasteiger partial charge is 0.424 e. The smallest absolute Gasteiger partial charge is 0.410 e. The number of aromatic nitrogens is 4. The van der Waals surface area contributed by atoms with Gasteiger partial charge >= 0.3 is 12.1 Å². The van der Waals surface area contributed by atoms with Gasteiger partial charge in [0.15, 0.2) is 0 Å². The van der Waals surface area contributed by atoms with Gasteiger partial charge in [0.05, 0.1) is 11.4 Å². The van der Waals surface area contributed by atoms with E-state index in [2.05, 4.69) is 86.7 Å². The van der Waals surface area contributed by atoms with E-state index in [4.69, 9.17) is 4.74 Å². The predicted molar refractivity (Wildman–Crippen MR) is 250 cm³/mol. The molecule has 0 aliphatic carbocycles. The molecule has 4 heterocycles. The fourth-order valence-corrected chi connectivity index (χ4v) is 7.90. The number of carbonyl (C=O) groups is 2. The van der Waals surface area contributed by atoms with Crippen LogP contribution < -0.4 is 10.1 Å². The van der Waals surface area contributed by atoms with Crippen molar-refractivity contribution in [3.05, 3.63) is 187 Å². The van der Waals surface area contributed by atoms with E-state index >= 15 is 0 Å². The van der Waals surface area contributed by atoms with E-state index in [0.717, 1.165) is 56.2 Å². The summed E-state index contributed by atoms with van der Waals surface area (Å²) in [6, 6.07) is 42.9. The van der Waals surface area contributed by atoms with Crippen molar-refractivity contribution in [3.8, 4) is 28.3 Å². The third-order valence-electron chi connectivity index (χ3n) is 11.7. The number of ether oxygens (including phenoxy) is 1. The molecule has 65 heavy (non-hydrogen) atoms. The lowest BCUT2D eigenvalue weighted by Gasteiger charge is -2.36. The summed E-state index contributed by atoms with van der Waals surface area (Å²) >= 11 is 0. The highest BCUT2D eigenvalue weighted by molar-refractivity contribution is 5.78. The predicted octanol–water partition coefficient (Wildman–Crippen LogP) is 9.86. The quantitative estimate of drug-likeness (QED) is 0.153. The van der Waals surface area contributed by atoms with Gasteiger partial charge in [0.25, 0.3) is 0 Å². The van der Waals surface area contributed by atoms with Gasteiger partial charge in [-0.1, -0.05) is 78.9 Å². The van der Waals surface area contributed by atoms with Crippen LogP contribution in [0, 0.1) is 11.6 Å². The summed E-state index contributed by atoms with van der Waals surface area (Å²) in [6.45, 7) is 6.45. The molecule has 2 aromatic heterocycles. The maximum absolute atomic E-state index is 13.1. The molecule has 0 atom stereocenters. The van der Waals surface area contributed by atoms with Crippen molar-refractivity contribution in [2.75, 3.05) is 40.3 Å². The molecule has 2 fully saturated rings. The third kappa shape index (κ3) is 13.6. The van der Waals surface area contributed by atoms with Crippen LogP contribution in [0.4, 0.5) is 18.4 Å². The molecule has 2 aliphatic rings. The molecule has 336 valence electrons. The number of benzene rings is 5. The Morgan fingerprint density at radius 1 is 0.615 bits per heavy atom. The number of halogens is 2. The molecule has 13 heteroatoms. The maximum atomic E-state index is 13.1. The lowest BCUT2D eigenvalue weighted by atomic mass is 10.0. The van der Waals surface area contributed by atoms with Gasteiger partial charge in [-0.2, -0.15) is 0 Å². The first-order chi connectivity index (χ1) is 31.7. The summed E-state index contributed by atoms with van der Waals surface area (Å²) < 4.78 is 33.9. The number of para-hydroxylation sites is 1. The van der Waals surface area contributed by atoms with Crippen molar-refractivity contribution in [3.63, 3.8) is 0 Å². The van der Waals surface area contributed by atoms with E-state index < -0.39 is 6.09 Å². The van der Waals surface area contributed by atoms with E-state index in [-0.39, 0.29) is 23.7 Å². The Kier molecular flexibility index (Phi) is 16.5. The molecule has 2 aliphatic heterocycles. The number of hydrogen-bond acceptors (Lipinski definition) is 8. The van der Waals surface area contributed by atoms with Gasteiger partial charge in [-0.05, 0) is 118 Å². The van der Waals surface area contributed by atoms with Crippen LogP contribution in [-0.4, -0.2) is 98.3 Å². The number of piperidine rings is 2. The summed E-state index contributed by atoms with van der Waals surface area (Å²) in [5.74, 6) is -0.149. The Balaban J connectivity index is 0.000000154. The van der Waals surface area contributed by atoms with Gasteiger partial charge in [0.1, 0.15) is 30.0 Å². The fourth-order valence-electron chi connectivity index (χ4n) is 7.90. The van der Waals surface area contributed by atoms with Gasteiger partial charge in [0.2, 0.25) is 0 Å². The summed E-state index contributed by atoms with van der Waals surface area (Å²) in [7, 11) is 3.93. The number of hydrogen-bond donors (Lipinski definition) is 1. The van der Waals surface area contributed by atoms with Crippen LogP contribution in [0.15, 0.2) is 165 Å². The third-order valence-corrected chi connectivity index (χ3v) is 11.7. The van der Waals surface area contributed by atoms with Crippen molar-refractivity contribution in [2.45, 2.75) is 50.9 Å². The molecular formula is C52H56F2N8O3. The highest BCUT2D eigenvalue weighted by atomic mass is 19.1. The molecule has 0 bridgehead atoms. The van der Waals surface area contributed by atoms with Crippen LogP contribution in [0.2, 0.25) is 0 Å². The molecule has 0 spiro atoms. The van der Waals surface area contributed by atoms with Gasteiger partial charge in [-0.15, -0.1) is 0 Å². The second-order valence-electron chi connectivity index (χ2n) is 16.2. The van der Waals surface area contributed by atoms with Crippen molar-refractivity contribution in [1.29, 1.82) is 0 Å². The standard InChI is InChI=1S/C23H25FN4O.C16H11FN2O2.C13H20N2/c1-26(21-11-13-27(14-12-21)15-18-5-3-2-4-6-18)23(29)28-16-22(25-17-28)19-7-9-20(24)10-8-19;17-13-8-6-12(7-9-13)15-10-19(11-18-15)16(20)21-14-4-2-1-3-5-14;1-14-13-7-9-15(10-8-13)11-12-5-3-2-4-6-12/h2-10,16-17,21H,11-15H2,1H3;1-11H;2-6,13-14H,7-11H2,1H3. The van der Waals surface area contributed by atoms with Crippen molar-refractivity contribution >= 4 is 12.1 Å². The van der Waals surface area contributed by atoms with Crippen LogP contribution in [0.1, 0.15) is 36.8 Å². The molecule has 0 unspecified atom stereocenters. The van der Waals surface area contributed by atoms with E-state index in [1.54, 1.807) is 60.9 Å². The first-order valence-corrected chi connectivity index (χ1v) is 22.0. The Morgan fingerprint density at radius 3 is 1.52 bits per heavy atom. The molecule has 0 radical (unpaired) electrons. The molecule has 9 rings (SSSR count). The van der Waals surface area contributed by atoms with Crippen LogP contribution in [0.25, 0.3) is 22.5 Å². The van der Waals surface area contributed by atoms with Crippen LogP contribution >= 0.6 is 0 Å². The minimum Gasteiger partial charge on any atom is -0.410 e. The molecule has 11 nitrogen and oxygen atoms in total. The second kappa shape index (κ2) is 23.2. The summed E-state index contributed by atoms with van der Waals surface area (Å²) in [4.78, 5) is 40.1. The molecule has 2 saturated heterocycles. The van der Waals surface area contributed by atoms with E-state index in [1.807, 2.05) is 24.1 Å². The van der Waals surface area contributed by atoms with Crippen molar-refractivity contribution < 1.29 is 23.1 Å². The van der Waals surface area contributed by atoms with E-state index in [1.165, 1.54) is 83.1 Å². The Morgan fingerprint density at radius 2 is 1.05 bits per heavy atom. The Bertz CT molecular complexity index is 2500. The first kappa shape index (κ1) is 46.2. The molecule has 7 aromatic rings. The first-order valence-electron chi connectivity index (χ1n) is 22.0. The van der Waals surface area contributed by atoms with E-state index in [0.29, 0.717) is 17.1 Å². The maximum Gasteiger partial charge on any atom is 0.424 e. The summed E-state index contributed by atoms with van der Waals surface area (Å²) in [5.41, 5.74) is 5.49. The Labute approximate surface area is 379 Å². The Hall–Kier alpha value is -6.80. The zero-order valence-corrected chi connectivity index (χ0v) is 36.9. The number of likely N-dealkylation sites (tertiary alicyclic amines) is 2. The highest BCUT2D eigenvalue weighted by Gasteiger charge is 2.26. The molecular weight excluding hydrogens is 823 g/mol. The van der Waals surface area contributed by atoms with E-state index in [9.17, 15) is 18.4 Å². The SMILES string of the molecule is CN(C(=O)n1cnc(-c2ccc(F)cc2)c1)C1CCN(Cc2ccccc2)CC1.CNC1CCN(Cc2ccccc2)CC1.O=C(Oc1ccccc1)n1cnc(-c2ccc(F)cc2)c1. The van der Waals surface area contributed by atoms with Crippen LogP contribution in [0.3, 0.4) is 0 Å². The van der Waals surface area contributed by atoms with Crippen molar-refractivity contribution in [2.24, 2.45) is 0 Å². The number of nitrogens with zero attached hydrogens (tertiary/aromatic N) is 7. The molecule has 5 aromatic carbocycles. The number of nitrogens with one attached hydrogen (secondary N) is 1. The minimum atomic E-state index is -0.554. The molecule has 1 amide bonds. The lowest BCUT2D eigenvalue weighted by molar-refractivity contribution is 0.132. The monoisotopic (exact) mass is 878 g/mol. The fraction of sp³-hybridized carbons (Fsp3) is 0.269. The van der Waals surface area contributed by atoms with Crippen LogP contribution in [-0.2, 0) is 13.1 Å². The minimum absolute atomic E-state index is 0.0904. The number of carbonyl (C=O) groups excluding carboxylic acids is 2. The summed E-state index contributed by atoms with van der Waals surface area (Å²) in [5, 5.41) is 3.36. The van der Waals surface area contributed by atoms with Gasteiger partial charge < -0.3 is 15.0 Å². The number of rotatable bonds is 9. The summed E-state index contributed by atoms with van der Waals surface area (Å²) in [6.07, 6.45) is 10.1. The topological polar surface area (TPSA) is 101 Å². The average molecular weight is 879 g/mol. The number of amides is 1. The zero-order chi connectivity index (χ0) is 45.4. The van der Waals surface area contributed by atoms with Crippen LogP contribution in [0.5, 0.6) is 5.75 Å². The molecule has 0 saturated carbocycles. The highest BCUT2D eigenvalue weighted by Crippen LogP contribution is 2.22. The lowest BCUT2D eigenvalue weighted by Crippen LogP contribution is -2.46. The van der Waals surface area contributed by atoms with Gasteiger partial charge in [-0.25, -0.2) is 32.9 Å². The zero-order valence-electron chi connectivity index (χ0n) is 36.9. The molecule has 1 N–H and O–H groups in total.